The van der Waals surface area contributed by atoms with Crippen LogP contribution >= 0.6 is 7.26 Å². The van der Waals surface area contributed by atoms with Gasteiger partial charge in [-0.1, -0.05) is 35.4 Å². The maximum absolute atomic E-state index is 16.3. The van der Waals surface area contributed by atoms with Crippen LogP contribution in [-0.4, -0.2) is 44.1 Å². The summed E-state index contributed by atoms with van der Waals surface area (Å²) in [6.45, 7) is 10.3. The third-order valence-corrected chi connectivity index (χ3v) is 16.3. The Morgan fingerprint density at radius 3 is 1.13 bits per heavy atom. The van der Waals surface area contributed by atoms with Gasteiger partial charge in [0.1, 0.15) is 33.9 Å². The van der Waals surface area contributed by atoms with Gasteiger partial charge in [0.25, 0.3) is 5.97 Å². The van der Waals surface area contributed by atoms with Crippen LogP contribution in [0, 0.1) is 99.7 Å². The molecule has 5 rings (SSSR count). The highest BCUT2D eigenvalue weighted by molar-refractivity contribution is 7.91. The molecular formula is C38H34BF10O4P. The number of esters is 2. The lowest BCUT2D eigenvalue weighted by molar-refractivity contribution is -0.146. The Morgan fingerprint density at radius 2 is 0.833 bits per heavy atom. The maximum Gasteiger partial charge on any atom is 0.345 e. The molecule has 2 atom stereocenters. The van der Waals surface area contributed by atoms with E-state index >= 15 is 35.1 Å². The summed E-state index contributed by atoms with van der Waals surface area (Å²) in [6.07, 6.45) is -6.52. The van der Waals surface area contributed by atoms with Gasteiger partial charge in [-0.2, -0.15) is 0 Å². The fraction of sp³-hybridized carbons (Fsp3) is 0.316. The van der Waals surface area contributed by atoms with Crippen molar-refractivity contribution in [1.29, 1.82) is 0 Å². The Morgan fingerprint density at radius 1 is 0.537 bits per heavy atom. The third kappa shape index (κ3) is 5.71. The molecule has 1 fully saturated rings. The molecule has 54 heavy (non-hydrogen) atoms. The van der Waals surface area contributed by atoms with Crippen molar-refractivity contribution in [2.45, 2.75) is 59.3 Å². The lowest BCUT2D eigenvalue weighted by atomic mass is 9.11. The Kier molecular flexibility index (Phi) is 10.8. The first-order valence-electron chi connectivity index (χ1n) is 16.6. The van der Waals surface area contributed by atoms with Gasteiger partial charge in [-0.05, 0) is 69.6 Å². The van der Waals surface area contributed by atoms with Gasteiger partial charge in [0.15, 0.2) is 40.6 Å². The lowest BCUT2D eigenvalue weighted by Crippen LogP contribution is -2.73. The quantitative estimate of drug-likeness (QED) is 0.0517. The van der Waals surface area contributed by atoms with Crippen LogP contribution in [0.4, 0.5) is 43.9 Å². The highest BCUT2D eigenvalue weighted by Crippen LogP contribution is 2.71. The first-order valence-corrected chi connectivity index (χ1v) is 18.6. The SMILES string of the molecule is COC(=O)[C@H]1[C@H](C(=O)OC)[P+](c2c(C)cc(C)cc2C)(c2c(C)cc(C)cc2C)CC[B-]1(c1c(F)c(F)c(F)c(F)c1F)c1c(F)c(F)c(F)c(F)c1F. The number of rotatable bonds is 6. The summed E-state index contributed by atoms with van der Waals surface area (Å²) in [6, 6.07) is 6.97. The van der Waals surface area contributed by atoms with E-state index in [2.05, 4.69) is 0 Å². The van der Waals surface area contributed by atoms with Gasteiger partial charge in [-0.3, -0.25) is 4.79 Å². The number of benzene rings is 4. The third-order valence-electron chi connectivity index (χ3n) is 10.9. The van der Waals surface area contributed by atoms with Crippen molar-refractivity contribution >= 4 is 46.9 Å². The molecule has 0 amide bonds. The minimum atomic E-state index is -4.79. The zero-order valence-corrected chi connectivity index (χ0v) is 31.2. The van der Waals surface area contributed by atoms with Crippen molar-refractivity contribution in [2.24, 2.45) is 0 Å². The Hall–Kier alpha value is -4.39. The number of carbonyl (C=O) groups excluding carboxylic acids is 2. The van der Waals surface area contributed by atoms with E-state index in [4.69, 9.17) is 9.47 Å². The van der Waals surface area contributed by atoms with Crippen LogP contribution in [0.3, 0.4) is 0 Å². The zero-order chi connectivity index (χ0) is 40.5. The summed E-state index contributed by atoms with van der Waals surface area (Å²) in [5.41, 5.74) is -2.57. The molecule has 1 saturated heterocycles. The number of carbonyl (C=O) groups is 2. The summed E-state index contributed by atoms with van der Waals surface area (Å²) < 4.78 is 166. The van der Waals surface area contributed by atoms with Crippen molar-refractivity contribution in [3.05, 3.63) is 116 Å². The van der Waals surface area contributed by atoms with Gasteiger partial charge in [-0.15, -0.1) is 17.2 Å². The van der Waals surface area contributed by atoms with E-state index in [-0.39, 0.29) is 0 Å². The molecule has 4 nitrogen and oxygen atoms in total. The molecule has 0 saturated carbocycles. The zero-order valence-electron chi connectivity index (χ0n) is 30.3. The summed E-state index contributed by atoms with van der Waals surface area (Å²) >= 11 is 0. The van der Waals surface area contributed by atoms with Crippen molar-refractivity contribution in [3.8, 4) is 0 Å². The molecule has 0 spiro atoms. The molecule has 1 aliphatic heterocycles. The fourth-order valence-corrected chi connectivity index (χ4v) is 15.9. The maximum atomic E-state index is 16.3. The Labute approximate surface area is 305 Å². The van der Waals surface area contributed by atoms with Crippen molar-refractivity contribution in [1.82, 2.24) is 0 Å². The van der Waals surface area contributed by atoms with Crippen LogP contribution in [0.1, 0.15) is 33.4 Å². The topological polar surface area (TPSA) is 52.6 Å². The van der Waals surface area contributed by atoms with Crippen molar-refractivity contribution < 1.29 is 63.0 Å². The van der Waals surface area contributed by atoms with Gasteiger partial charge >= 0.3 is 5.97 Å². The van der Waals surface area contributed by atoms with E-state index in [1.165, 1.54) is 0 Å². The molecule has 0 radical (unpaired) electrons. The van der Waals surface area contributed by atoms with Gasteiger partial charge in [0.2, 0.25) is 0 Å². The molecule has 1 aliphatic rings. The van der Waals surface area contributed by atoms with E-state index in [0.717, 1.165) is 18.2 Å². The standard InChI is InChI=1S/C38H34BF10O4P/c1-15-11-17(3)34(18(4)12-15)54(35-19(5)13-16(2)14-20(35)6)10-9-39(23(37(50)52-7)36(54)38(51)53-8,21-24(40)28(44)32(48)29(45)25(21)41)22-26(42)30(46)33(49)31(47)27(22)43/h11-14,23,36H,9-10H2,1-8H3/t23-,36-/m1/s1. The van der Waals surface area contributed by atoms with Crippen molar-refractivity contribution in [3.63, 3.8) is 0 Å². The number of methoxy groups -OCH3 is 2. The van der Waals surface area contributed by atoms with Crippen molar-refractivity contribution in [2.75, 3.05) is 20.4 Å². The molecular weight excluding hydrogens is 752 g/mol. The second-order valence-corrected chi connectivity index (χ2v) is 17.6. The monoisotopic (exact) mass is 786 g/mol. The highest BCUT2D eigenvalue weighted by Gasteiger charge is 2.69. The molecule has 4 aromatic carbocycles. The minimum Gasteiger partial charge on any atom is -0.471 e. The van der Waals surface area contributed by atoms with Crippen LogP contribution < -0.4 is 21.5 Å². The average molecular weight is 786 g/mol. The number of hydrogen-bond acceptors (Lipinski definition) is 4. The van der Waals surface area contributed by atoms with Gasteiger partial charge in [-0.25, -0.2) is 48.7 Å². The van der Waals surface area contributed by atoms with Crippen LogP contribution in [0.2, 0.25) is 12.1 Å². The van der Waals surface area contributed by atoms with Gasteiger partial charge in [0, 0.05) is 6.16 Å². The normalized spacial score (nSPS) is 17.7. The van der Waals surface area contributed by atoms with Crippen LogP contribution in [0.25, 0.3) is 0 Å². The van der Waals surface area contributed by atoms with Gasteiger partial charge in [0.05, 0.1) is 27.6 Å². The van der Waals surface area contributed by atoms with Crippen LogP contribution in [-0.2, 0) is 19.1 Å². The summed E-state index contributed by atoms with van der Waals surface area (Å²) in [5.74, 6) is -32.4. The summed E-state index contributed by atoms with van der Waals surface area (Å²) in [7, 11) is -2.23. The summed E-state index contributed by atoms with van der Waals surface area (Å²) in [5, 5.41) is 0.873. The minimum absolute atomic E-state index is 0.437. The van der Waals surface area contributed by atoms with Crippen LogP contribution in [0.5, 0.6) is 0 Å². The molecule has 0 aromatic heterocycles. The Bertz CT molecular complexity index is 2030. The van der Waals surface area contributed by atoms with Gasteiger partial charge < -0.3 is 9.47 Å². The van der Waals surface area contributed by atoms with Crippen LogP contribution in [0.15, 0.2) is 24.3 Å². The molecule has 0 unspecified atom stereocenters. The number of aryl methyl sites for hydroxylation is 6. The smallest absolute Gasteiger partial charge is 0.345 e. The first kappa shape index (κ1) is 40.8. The molecule has 1 heterocycles. The second-order valence-electron chi connectivity index (χ2n) is 14.0. The van der Waals surface area contributed by atoms with E-state index in [1.807, 2.05) is 0 Å². The number of hydrogen-bond donors (Lipinski definition) is 0. The predicted octanol–water partition coefficient (Wildman–Crippen LogP) is 7.26. The molecule has 288 valence electrons. The first-order chi connectivity index (χ1) is 25.2. The predicted molar refractivity (Wildman–Crippen MR) is 186 cm³/mol. The highest BCUT2D eigenvalue weighted by atomic mass is 31.2. The second kappa shape index (κ2) is 14.4. The molecule has 0 N–H and O–H groups in total. The summed E-state index contributed by atoms with van der Waals surface area (Å²) in [4.78, 5) is 29.1. The van der Waals surface area contributed by atoms with E-state index in [0.29, 0.717) is 40.0 Å². The number of ether oxygens (including phenoxy) is 2. The Balaban J connectivity index is 2.17. The molecule has 4 aromatic rings. The number of halogens is 10. The largest absolute Gasteiger partial charge is 0.471 e. The lowest BCUT2D eigenvalue weighted by Gasteiger charge is -2.56. The average Bonchev–Trinajstić information content (AvgIpc) is 3.10. The molecule has 0 aliphatic carbocycles. The van der Waals surface area contributed by atoms with E-state index in [1.54, 1.807) is 65.8 Å². The molecule has 16 heteroatoms. The van der Waals surface area contributed by atoms with E-state index < -0.39 is 118 Å². The fourth-order valence-electron chi connectivity index (χ4n) is 9.41. The molecule has 0 bridgehead atoms. The van der Waals surface area contributed by atoms with E-state index in [9.17, 15) is 18.4 Å².